The van der Waals surface area contributed by atoms with Crippen molar-refractivity contribution in [1.29, 1.82) is 5.26 Å². The minimum absolute atomic E-state index is 0.0583. The van der Waals surface area contributed by atoms with Crippen molar-refractivity contribution in [3.05, 3.63) is 69.5 Å². The third kappa shape index (κ3) is 3.52. The van der Waals surface area contributed by atoms with Crippen LogP contribution in [-0.4, -0.2) is 14.5 Å². The molecule has 2 aromatic heterocycles. The molecule has 0 bridgehead atoms. The lowest BCUT2D eigenvalue weighted by atomic mass is 10.0. The Balaban J connectivity index is 1.71. The molecule has 0 saturated heterocycles. The summed E-state index contributed by atoms with van der Waals surface area (Å²) in [6, 6.07) is 13.1. The standard InChI is InChI=1S/C22H20N4O/c1-15-5-10-21-25-20-13-16(6-8-17-3-2-4-18(14-23)24-17)7-9-19(20)22(27)26(21)12-11-15/h2-4,6-9,13,15H,5,10-12H2,1H3. The van der Waals surface area contributed by atoms with E-state index in [1.165, 1.54) is 0 Å². The van der Waals surface area contributed by atoms with Gasteiger partial charge >= 0.3 is 0 Å². The van der Waals surface area contributed by atoms with E-state index in [9.17, 15) is 4.79 Å². The molecule has 0 N–H and O–H groups in total. The Morgan fingerprint density at radius 2 is 2.07 bits per heavy atom. The highest BCUT2D eigenvalue weighted by molar-refractivity contribution is 5.82. The van der Waals surface area contributed by atoms with Gasteiger partial charge < -0.3 is 0 Å². The number of hydrogen-bond donors (Lipinski definition) is 0. The SMILES string of the molecule is CC1CCc2nc3cc(C=Cc4cccc(C#N)n4)ccc3c(=O)n2CC1. The van der Waals surface area contributed by atoms with Crippen LogP contribution in [0, 0.1) is 17.2 Å². The maximum absolute atomic E-state index is 12.9. The van der Waals surface area contributed by atoms with Gasteiger partial charge in [-0.3, -0.25) is 9.36 Å². The first-order valence-corrected chi connectivity index (χ1v) is 9.23. The Kier molecular flexibility index (Phi) is 4.55. The summed E-state index contributed by atoms with van der Waals surface area (Å²) in [6.45, 7) is 2.98. The zero-order valence-electron chi connectivity index (χ0n) is 15.2. The number of rotatable bonds is 2. The van der Waals surface area contributed by atoms with E-state index in [0.717, 1.165) is 48.4 Å². The van der Waals surface area contributed by atoms with Gasteiger partial charge in [-0.1, -0.05) is 25.1 Å². The second-order valence-electron chi connectivity index (χ2n) is 7.09. The fourth-order valence-electron chi connectivity index (χ4n) is 3.47. The molecule has 3 aromatic rings. The highest BCUT2D eigenvalue weighted by Gasteiger charge is 2.16. The van der Waals surface area contributed by atoms with Crippen LogP contribution in [0.1, 0.15) is 42.5 Å². The lowest BCUT2D eigenvalue weighted by Gasteiger charge is -2.10. The van der Waals surface area contributed by atoms with Crippen molar-refractivity contribution in [2.75, 3.05) is 0 Å². The third-order valence-corrected chi connectivity index (χ3v) is 5.10. The summed E-state index contributed by atoms with van der Waals surface area (Å²) in [5.74, 6) is 1.51. The van der Waals surface area contributed by atoms with Crippen LogP contribution in [0.4, 0.5) is 0 Å². The molecule has 27 heavy (non-hydrogen) atoms. The van der Waals surface area contributed by atoms with Crippen molar-refractivity contribution >= 4 is 23.1 Å². The summed E-state index contributed by atoms with van der Waals surface area (Å²) < 4.78 is 1.85. The van der Waals surface area contributed by atoms with Gasteiger partial charge in [0.25, 0.3) is 5.56 Å². The minimum Gasteiger partial charge on any atom is -0.296 e. The highest BCUT2D eigenvalue weighted by atomic mass is 16.1. The first-order valence-electron chi connectivity index (χ1n) is 9.23. The molecule has 1 aromatic carbocycles. The van der Waals surface area contributed by atoms with E-state index in [0.29, 0.717) is 17.0 Å². The molecule has 0 aliphatic carbocycles. The van der Waals surface area contributed by atoms with Gasteiger partial charge in [0.2, 0.25) is 0 Å². The number of nitriles is 1. The van der Waals surface area contributed by atoms with Crippen molar-refractivity contribution in [2.45, 2.75) is 32.7 Å². The molecule has 1 aliphatic heterocycles. The molecule has 0 radical (unpaired) electrons. The summed E-state index contributed by atoms with van der Waals surface area (Å²) in [6.07, 6.45) is 6.72. The van der Waals surface area contributed by atoms with E-state index in [2.05, 4.69) is 11.9 Å². The Morgan fingerprint density at radius 1 is 1.19 bits per heavy atom. The van der Waals surface area contributed by atoms with Crippen molar-refractivity contribution in [2.24, 2.45) is 5.92 Å². The van der Waals surface area contributed by atoms with E-state index >= 15 is 0 Å². The average Bonchev–Trinajstić information content (AvgIpc) is 2.88. The van der Waals surface area contributed by atoms with Crippen LogP contribution in [0.3, 0.4) is 0 Å². The number of nitrogens with zero attached hydrogens (tertiary/aromatic N) is 4. The number of pyridine rings is 1. The summed E-state index contributed by atoms with van der Waals surface area (Å²) >= 11 is 0. The molecule has 3 heterocycles. The molecule has 0 saturated carbocycles. The zero-order chi connectivity index (χ0) is 18.8. The average molecular weight is 356 g/mol. The predicted octanol–water partition coefficient (Wildman–Crippen LogP) is 3.81. The lowest BCUT2D eigenvalue weighted by Crippen LogP contribution is -2.24. The van der Waals surface area contributed by atoms with Gasteiger partial charge in [-0.15, -0.1) is 0 Å². The van der Waals surface area contributed by atoms with E-state index in [1.807, 2.05) is 53.1 Å². The Morgan fingerprint density at radius 3 is 2.93 bits per heavy atom. The maximum Gasteiger partial charge on any atom is 0.261 e. The second-order valence-corrected chi connectivity index (χ2v) is 7.09. The van der Waals surface area contributed by atoms with Crippen molar-refractivity contribution in [1.82, 2.24) is 14.5 Å². The molecule has 0 fully saturated rings. The van der Waals surface area contributed by atoms with Gasteiger partial charge in [0.05, 0.1) is 16.6 Å². The quantitative estimate of drug-likeness (QED) is 0.700. The molecule has 5 nitrogen and oxygen atoms in total. The van der Waals surface area contributed by atoms with Crippen LogP contribution in [0.2, 0.25) is 0 Å². The molecule has 1 aliphatic rings. The smallest absolute Gasteiger partial charge is 0.261 e. The van der Waals surface area contributed by atoms with E-state index in [-0.39, 0.29) is 5.56 Å². The van der Waals surface area contributed by atoms with E-state index < -0.39 is 0 Å². The Bertz CT molecular complexity index is 1140. The molecule has 1 atom stereocenters. The van der Waals surface area contributed by atoms with Crippen molar-refractivity contribution in [3.8, 4) is 6.07 Å². The van der Waals surface area contributed by atoms with Crippen molar-refractivity contribution in [3.63, 3.8) is 0 Å². The van der Waals surface area contributed by atoms with E-state index in [1.54, 1.807) is 6.07 Å². The zero-order valence-corrected chi connectivity index (χ0v) is 15.2. The Labute approximate surface area is 157 Å². The topological polar surface area (TPSA) is 71.6 Å². The molecular weight excluding hydrogens is 336 g/mol. The van der Waals surface area contributed by atoms with Gasteiger partial charge in [0, 0.05) is 13.0 Å². The predicted molar refractivity (Wildman–Crippen MR) is 106 cm³/mol. The summed E-state index contributed by atoms with van der Waals surface area (Å²) in [4.78, 5) is 21.9. The number of hydrogen-bond acceptors (Lipinski definition) is 4. The van der Waals surface area contributed by atoms with Crippen LogP contribution < -0.4 is 5.56 Å². The van der Waals surface area contributed by atoms with Crippen LogP contribution >= 0.6 is 0 Å². The molecule has 134 valence electrons. The number of aromatic nitrogens is 3. The fraction of sp³-hybridized carbons (Fsp3) is 0.273. The van der Waals surface area contributed by atoms with Crippen LogP contribution in [0.25, 0.3) is 23.1 Å². The molecule has 5 heteroatoms. The van der Waals surface area contributed by atoms with Gasteiger partial charge in [-0.05, 0) is 54.7 Å². The first-order chi connectivity index (χ1) is 13.1. The Hall–Kier alpha value is -3.26. The molecular formula is C22H20N4O. The third-order valence-electron chi connectivity index (χ3n) is 5.10. The van der Waals surface area contributed by atoms with Crippen LogP contribution in [0.5, 0.6) is 0 Å². The lowest BCUT2D eigenvalue weighted by molar-refractivity contribution is 0.484. The normalized spacial score (nSPS) is 16.8. The van der Waals surface area contributed by atoms with Gasteiger partial charge in [0.15, 0.2) is 0 Å². The number of benzene rings is 1. The molecule has 0 amide bonds. The van der Waals surface area contributed by atoms with Crippen molar-refractivity contribution < 1.29 is 0 Å². The van der Waals surface area contributed by atoms with Crippen LogP contribution in [0.15, 0.2) is 41.2 Å². The number of fused-ring (bicyclic) bond motifs is 2. The monoisotopic (exact) mass is 356 g/mol. The first kappa shape index (κ1) is 17.2. The van der Waals surface area contributed by atoms with Gasteiger partial charge in [0.1, 0.15) is 17.6 Å². The highest BCUT2D eigenvalue weighted by Crippen LogP contribution is 2.20. The largest absolute Gasteiger partial charge is 0.296 e. The maximum atomic E-state index is 12.9. The molecule has 0 spiro atoms. The second kappa shape index (κ2) is 7.16. The summed E-state index contributed by atoms with van der Waals surface area (Å²) in [7, 11) is 0. The fourth-order valence-corrected chi connectivity index (χ4v) is 3.47. The number of aryl methyl sites for hydroxylation is 1. The van der Waals surface area contributed by atoms with E-state index in [4.69, 9.17) is 10.2 Å². The molecule has 4 rings (SSSR count). The van der Waals surface area contributed by atoms with Crippen LogP contribution in [-0.2, 0) is 13.0 Å². The van der Waals surface area contributed by atoms with Gasteiger partial charge in [-0.25, -0.2) is 9.97 Å². The summed E-state index contributed by atoms with van der Waals surface area (Å²) in [5.41, 5.74) is 2.86. The minimum atomic E-state index is 0.0583. The summed E-state index contributed by atoms with van der Waals surface area (Å²) in [5, 5.41) is 9.61. The molecule has 1 unspecified atom stereocenters. The van der Waals surface area contributed by atoms with Gasteiger partial charge in [-0.2, -0.15) is 5.26 Å².